The molecule has 0 spiro atoms. The van der Waals surface area contributed by atoms with Gasteiger partial charge in [0, 0.05) is 19.2 Å². The highest BCUT2D eigenvalue weighted by atomic mass is 16.3. The molecule has 0 bridgehead atoms. The van der Waals surface area contributed by atoms with Gasteiger partial charge in [0.05, 0.1) is 12.3 Å². The van der Waals surface area contributed by atoms with E-state index >= 15 is 0 Å². The molecule has 1 atom stereocenters. The van der Waals surface area contributed by atoms with E-state index in [1.165, 1.54) is 23.2 Å². The van der Waals surface area contributed by atoms with E-state index in [0.29, 0.717) is 13.1 Å². The second-order valence-electron chi connectivity index (χ2n) is 6.97. The van der Waals surface area contributed by atoms with Gasteiger partial charge >= 0.3 is 0 Å². The van der Waals surface area contributed by atoms with Crippen LogP contribution in [0.4, 0.5) is 0 Å². The highest BCUT2D eigenvalue weighted by molar-refractivity contribution is 5.92. The molecule has 0 aromatic carbocycles. The molecule has 0 radical (unpaired) electrons. The van der Waals surface area contributed by atoms with Gasteiger partial charge < -0.3 is 9.73 Å². The van der Waals surface area contributed by atoms with Crippen LogP contribution in [0.2, 0.25) is 0 Å². The van der Waals surface area contributed by atoms with Crippen LogP contribution in [0.5, 0.6) is 0 Å². The fraction of sp³-hybridized carbons (Fsp3) is 0.550. The van der Waals surface area contributed by atoms with E-state index in [-0.39, 0.29) is 23.2 Å². The number of carbonyl (C=O) groups excluding carboxylic acids is 1. The lowest BCUT2D eigenvalue weighted by molar-refractivity contribution is 0.0906. The van der Waals surface area contributed by atoms with Gasteiger partial charge in [-0.25, -0.2) is 4.68 Å². The number of rotatable bonds is 8. The van der Waals surface area contributed by atoms with E-state index in [9.17, 15) is 9.59 Å². The first-order valence-electron chi connectivity index (χ1n) is 9.83. The van der Waals surface area contributed by atoms with Gasteiger partial charge in [-0.15, -0.1) is 0 Å². The van der Waals surface area contributed by atoms with Gasteiger partial charge in [-0.3, -0.25) is 14.5 Å². The van der Waals surface area contributed by atoms with Crippen molar-refractivity contribution >= 4 is 5.91 Å². The Labute approximate surface area is 159 Å². The maximum Gasteiger partial charge on any atom is 0.271 e. The Morgan fingerprint density at radius 1 is 1.26 bits per heavy atom. The lowest BCUT2D eigenvalue weighted by Gasteiger charge is -2.33. The molecule has 0 saturated carbocycles. The number of piperidine rings is 1. The van der Waals surface area contributed by atoms with Crippen molar-refractivity contribution < 1.29 is 9.21 Å². The van der Waals surface area contributed by atoms with Crippen molar-refractivity contribution in [1.82, 2.24) is 20.0 Å². The average molecular weight is 372 g/mol. The monoisotopic (exact) mass is 372 g/mol. The van der Waals surface area contributed by atoms with E-state index in [2.05, 4.69) is 22.2 Å². The van der Waals surface area contributed by atoms with E-state index < -0.39 is 0 Å². The maximum absolute atomic E-state index is 12.6. The molecule has 27 heavy (non-hydrogen) atoms. The molecule has 146 valence electrons. The number of hydrogen-bond donors (Lipinski definition) is 1. The molecular weight excluding hydrogens is 344 g/mol. The topological polar surface area (TPSA) is 80.4 Å². The maximum atomic E-state index is 12.6. The summed E-state index contributed by atoms with van der Waals surface area (Å²) in [7, 11) is 0. The first kappa shape index (κ1) is 19.4. The van der Waals surface area contributed by atoms with Crippen molar-refractivity contribution in [3.63, 3.8) is 0 Å². The Morgan fingerprint density at radius 3 is 2.78 bits per heavy atom. The molecule has 2 aromatic rings. The van der Waals surface area contributed by atoms with Crippen LogP contribution in [0.1, 0.15) is 61.3 Å². The molecule has 2 aromatic heterocycles. The lowest BCUT2D eigenvalue weighted by Crippen LogP contribution is -2.41. The van der Waals surface area contributed by atoms with Gasteiger partial charge in [0.2, 0.25) is 0 Å². The van der Waals surface area contributed by atoms with Crippen molar-refractivity contribution in [1.29, 1.82) is 0 Å². The molecule has 1 aliphatic heterocycles. The van der Waals surface area contributed by atoms with Crippen LogP contribution in [-0.4, -0.2) is 40.2 Å². The minimum Gasteiger partial charge on any atom is -0.468 e. The summed E-state index contributed by atoms with van der Waals surface area (Å²) in [5.41, 5.74) is 0.0873. The van der Waals surface area contributed by atoms with Crippen LogP contribution in [0.3, 0.4) is 0 Å². The smallest absolute Gasteiger partial charge is 0.271 e. The minimum absolute atomic E-state index is 0.00949. The van der Waals surface area contributed by atoms with Crippen LogP contribution in [0.25, 0.3) is 0 Å². The van der Waals surface area contributed by atoms with Crippen LogP contribution < -0.4 is 10.9 Å². The van der Waals surface area contributed by atoms with Crippen molar-refractivity contribution in [2.75, 3.05) is 19.6 Å². The molecule has 7 nitrogen and oxygen atoms in total. The lowest BCUT2D eigenvalue weighted by atomic mass is 10.1. The third kappa shape index (κ3) is 5.07. The third-order valence-electron chi connectivity index (χ3n) is 4.98. The number of aromatic nitrogens is 2. The molecule has 1 saturated heterocycles. The fourth-order valence-electron chi connectivity index (χ4n) is 3.44. The van der Waals surface area contributed by atoms with Gasteiger partial charge in [0.25, 0.3) is 11.5 Å². The summed E-state index contributed by atoms with van der Waals surface area (Å²) in [4.78, 5) is 26.8. The van der Waals surface area contributed by atoms with Gasteiger partial charge in [-0.1, -0.05) is 19.8 Å². The zero-order chi connectivity index (χ0) is 19.1. The van der Waals surface area contributed by atoms with E-state index in [1.807, 2.05) is 12.1 Å². The molecule has 1 N–H and O–H groups in total. The van der Waals surface area contributed by atoms with Crippen molar-refractivity contribution in [3.05, 3.63) is 52.3 Å². The molecule has 3 rings (SSSR count). The fourth-order valence-corrected chi connectivity index (χ4v) is 3.44. The second kappa shape index (κ2) is 9.50. The van der Waals surface area contributed by atoms with Crippen LogP contribution >= 0.6 is 0 Å². The Kier molecular flexibility index (Phi) is 6.81. The Balaban J connectivity index is 1.68. The predicted molar refractivity (Wildman–Crippen MR) is 103 cm³/mol. The van der Waals surface area contributed by atoms with E-state index in [0.717, 1.165) is 44.5 Å². The molecule has 1 unspecified atom stereocenters. The van der Waals surface area contributed by atoms with Crippen molar-refractivity contribution in [2.45, 2.75) is 51.6 Å². The summed E-state index contributed by atoms with van der Waals surface area (Å²) >= 11 is 0. The first-order chi connectivity index (χ1) is 13.2. The number of nitrogens with zero attached hydrogens (tertiary/aromatic N) is 3. The number of likely N-dealkylation sites (tertiary alicyclic amines) is 1. The summed E-state index contributed by atoms with van der Waals surface area (Å²) in [5, 5.41) is 7.19. The number of amides is 1. The van der Waals surface area contributed by atoms with Crippen molar-refractivity contribution in [3.8, 4) is 0 Å². The number of hydrogen-bond acceptors (Lipinski definition) is 5. The molecule has 3 heterocycles. The number of unbranched alkanes of at least 4 members (excludes halogenated alkanes) is 1. The van der Waals surface area contributed by atoms with Gasteiger partial charge in [-0.2, -0.15) is 5.10 Å². The molecule has 1 aliphatic rings. The van der Waals surface area contributed by atoms with Crippen LogP contribution in [0.15, 0.2) is 39.7 Å². The average Bonchev–Trinajstić information content (AvgIpc) is 3.22. The van der Waals surface area contributed by atoms with Crippen LogP contribution in [-0.2, 0) is 6.54 Å². The summed E-state index contributed by atoms with van der Waals surface area (Å²) in [6, 6.07) is 6.73. The predicted octanol–water partition coefficient (Wildman–Crippen LogP) is 2.59. The Hall–Kier alpha value is -2.41. The van der Waals surface area contributed by atoms with Gasteiger partial charge in [-0.05, 0) is 50.6 Å². The highest BCUT2D eigenvalue weighted by Gasteiger charge is 2.25. The molecule has 0 aliphatic carbocycles. The zero-order valence-corrected chi connectivity index (χ0v) is 15.9. The normalized spacial score (nSPS) is 16.2. The summed E-state index contributed by atoms with van der Waals surface area (Å²) in [6.07, 6.45) is 7.05. The van der Waals surface area contributed by atoms with E-state index in [4.69, 9.17) is 4.42 Å². The van der Waals surface area contributed by atoms with Gasteiger partial charge in [0.15, 0.2) is 0 Å². The highest BCUT2D eigenvalue weighted by Crippen LogP contribution is 2.24. The Morgan fingerprint density at radius 2 is 2.07 bits per heavy atom. The quantitative estimate of drug-likeness (QED) is 0.770. The summed E-state index contributed by atoms with van der Waals surface area (Å²) in [6.45, 7) is 5.03. The van der Waals surface area contributed by atoms with Crippen molar-refractivity contribution in [2.24, 2.45) is 0 Å². The standard InChI is InChI=1S/C20H28N4O3/c1-2-3-13-24-19(25)10-9-16(22-24)20(26)21-15-17(18-8-7-14-27-18)23-11-5-4-6-12-23/h7-10,14,17H,2-6,11-13,15H2,1H3,(H,21,26). The minimum atomic E-state index is -0.270. The summed E-state index contributed by atoms with van der Waals surface area (Å²) < 4.78 is 6.98. The van der Waals surface area contributed by atoms with E-state index in [1.54, 1.807) is 6.26 Å². The zero-order valence-electron chi connectivity index (χ0n) is 15.9. The number of carbonyl (C=O) groups is 1. The second-order valence-corrected chi connectivity index (χ2v) is 6.97. The molecule has 7 heteroatoms. The summed E-state index contributed by atoms with van der Waals surface area (Å²) in [5.74, 6) is 0.590. The third-order valence-corrected chi connectivity index (χ3v) is 4.98. The molecule has 1 fully saturated rings. The first-order valence-corrected chi connectivity index (χ1v) is 9.83. The number of nitrogens with one attached hydrogen (secondary N) is 1. The SMILES string of the molecule is CCCCn1nc(C(=O)NCC(c2ccco2)N2CCCCC2)ccc1=O. The Bertz CT molecular complexity index is 779. The molecule has 1 amide bonds. The largest absolute Gasteiger partial charge is 0.468 e. The number of aryl methyl sites for hydroxylation is 1. The van der Waals surface area contributed by atoms with Crippen LogP contribution in [0, 0.1) is 0 Å². The van der Waals surface area contributed by atoms with Gasteiger partial charge in [0.1, 0.15) is 11.5 Å². The molecular formula is C20H28N4O3. The number of furan rings is 1.